The Bertz CT molecular complexity index is 460. The average Bonchev–Trinajstić information content (AvgIpc) is 2.28. The Labute approximate surface area is 103 Å². The lowest BCUT2D eigenvalue weighted by Gasteiger charge is -2.14. The molecule has 6 heteroatoms. The standard InChI is InChI=1S/C11H19N3O2S/c1-9-6-13-5-4-11(9)8-14-17(15,16)10(2)7-12-3/h4-6,10,12,14H,7-8H2,1-3H3. The molecule has 0 saturated heterocycles. The quantitative estimate of drug-likeness (QED) is 0.774. The largest absolute Gasteiger partial charge is 0.318 e. The summed E-state index contributed by atoms with van der Waals surface area (Å²) in [7, 11) is -1.54. The van der Waals surface area contributed by atoms with Crippen molar-refractivity contribution in [1.82, 2.24) is 15.0 Å². The van der Waals surface area contributed by atoms with E-state index in [1.54, 1.807) is 26.4 Å². The van der Waals surface area contributed by atoms with Crippen molar-refractivity contribution >= 4 is 10.0 Å². The predicted octanol–water partition coefficient (Wildman–Crippen LogP) is 0.417. The third kappa shape index (κ3) is 4.07. The van der Waals surface area contributed by atoms with Gasteiger partial charge in [-0.3, -0.25) is 4.98 Å². The molecule has 0 aliphatic carbocycles. The molecule has 17 heavy (non-hydrogen) atoms. The Balaban J connectivity index is 2.65. The highest BCUT2D eigenvalue weighted by Gasteiger charge is 2.19. The number of rotatable bonds is 6. The van der Waals surface area contributed by atoms with Crippen molar-refractivity contribution in [2.75, 3.05) is 13.6 Å². The minimum absolute atomic E-state index is 0.310. The molecule has 1 heterocycles. The number of hydrogen-bond acceptors (Lipinski definition) is 4. The van der Waals surface area contributed by atoms with Crippen LogP contribution in [0.5, 0.6) is 0 Å². The first kappa shape index (κ1) is 14.1. The van der Waals surface area contributed by atoms with Crippen molar-refractivity contribution < 1.29 is 8.42 Å². The molecular weight excluding hydrogens is 238 g/mol. The fraction of sp³-hybridized carbons (Fsp3) is 0.545. The van der Waals surface area contributed by atoms with E-state index in [4.69, 9.17) is 0 Å². The molecule has 0 spiro atoms. The first-order valence-corrected chi connectivity index (χ1v) is 7.04. The summed E-state index contributed by atoms with van der Waals surface area (Å²) in [5.74, 6) is 0. The number of nitrogens with one attached hydrogen (secondary N) is 2. The zero-order valence-corrected chi connectivity index (χ0v) is 11.2. The van der Waals surface area contributed by atoms with E-state index in [0.717, 1.165) is 11.1 Å². The molecule has 96 valence electrons. The first-order valence-electron chi connectivity index (χ1n) is 5.50. The van der Waals surface area contributed by atoms with Gasteiger partial charge in [-0.15, -0.1) is 0 Å². The van der Waals surface area contributed by atoms with Crippen LogP contribution >= 0.6 is 0 Å². The predicted molar refractivity (Wildman–Crippen MR) is 68.1 cm³/mol. The molecule has 0 radical (unpaired) electrons. The van der Waals surface area contributed by atoms with E-state index in [0.29, 0.717) is 13.1 Å². The lowest BCUT2D eigenvalue weighted by Crippen LogP contribution is -2.37. The highest BCUT2D eigenvalue weighted by molar-refractivity contribution is 7.90. The lowest BCUT2D eigenvalue weighted by atomic mass is 10.2. The summed E-state index contributed by atoms with van der Waals surface area (Å²) in [6.45, 7) is 4.33. The fourth-order valence-corrected chi connectivity index (χ4v) is 2.45. The van der Waals surface area contributed by atoms with Crippen molar-refractivity contribution in [3.8, 4) is 0 Å². The number of sulfonamides is 1. The average molecular weight is 257 g/mol. The molecule has 1 atom stereocenters. The van der Waals surface area contributed by atoms with E-state index in [1.807, 2.05) is 13.0 Å². The first-order chi connectivity index (χ1) is 7.97. The van der Waals surface area contributed by atoms with Gasteiger partial charge in [0.05, 0.1) is 5.25 Å². The Morgan fingerprint density at radius 3 is 2.76 bits per heavy atom. The third-order valence-corrected chi connectivity index (χ3v) is 4.39. The monoisotopic (exact) mass is 257 g/mol. The highest BCUT2D eigenvalue weighted by atomic mass is 32.2. The van der Waals surface area contributed by atoms with Crippen LogP contribution in [0.3, 0.4) is 0 Å². The number of hydrogen-bond donors (Lipinski definition) is 2. The summed E-state index contributed by atoms with van der Waals surface area (Å²) in [5, 5.41) is 2.40. The van der Waals surface area contributed by atoms with E-state index in [1.165, 1.54) is 0 Å². The smallest absolute Gasteiger partial charge is 0.215 e. The number of nitrogens with zero attached hydrogens (tertiary/aromatic N) is 1. The maximum absolute atomic E-state index is 11.8. The van der Waals surface area contributed by atoms with Crippen molar-refractivity contribution in [3.63, 3.8) is 0 Å². The van der Waals surface area contributed by atoms with Gasteiger partial charge in [0.1, 0.15) is 0 Å². The van der Waals surface area contributed by atoms with Gasteiger partial charge >= 0.3 is 0 Å². The number of aromatic nitrogens is 1. The van der Waals surface area contributed by atoms with Crippen molar-refractivity contribution in [2.24, 2.45) is 0 Å². The summed E-state index contributed by atoms with van der Waals surface area (Å²) in [4.78, 5) is 3.97. The van der Waals surface area contributed by atoms with Crippen LogP contribution in [0.2, 0.25) is 0 Å². The van der Waals surface area contributed by atoms with Crippen LogP contribution in [0.1, 0.15) is 18.1 Å². The maximum Gasteiger partial charge on any atom is 0.215 e. The van der Waals surface area contributed by atoms with Crippen molar-refractivity contribution in [3.05, 3.63) is 29.6 Å². The zero-order valence-electron chi connectivity index (χ0n) is 10.4. The summed E-state index contributed by atoms with van der Waals surface area (Å²) < 4.78 is 26.3. The van der Waals surface area contributed by atoms with E-state index < -0.39 is 15.3 Å². The van der Waals surface area contributed by atoms with Gasteiger partial charge in [0.25, 0.3) is 0 Å². The molecule has 0 bridgehead atoms. The minimum atomic E-state index is -3.27. The molecule has 0 aromatic carbocycles. The van der Waals surface area contributed by atoms with Crippen LogP contribution in [0, 0.1) is 6.92 Å². The third-order valence-electron chi connectivity index (χ3n) is 2.62. The van der Waals surface area contributed by atoms with Gasteiger partial charge in [0.15, 0.2) is 0 Å². The second-order valence-electron chi connectivity index (χ2n) is 4.04. The van der Waals surface area contributed by atoms with Gasteiger partial charge in [0, 0.05) is 25.5 Å². The minimum Gasteiger partial charge on any atom is -0.318 e. The van der Waals surface area contributed by atoms with Crippen LogP contribution in [-0.2, 0) is 16.6 Å². The molecule has 0 fully saturated rings. The van der Waals surface area contributed by atoms with Gasteiger partial charge in [-0.1, -0.05) is 0 Å². The topological polar surface area (TPSA) is 71.1 Å². The van der Waals surface area contributed by atoms with Crippen molar-refractivity contribution in [2.45, 2.75) is 25.6 Å². The molecule has 5 nitrogen and oxygen atoms in total. The molecule has 1 aromatic heterocycles. The molecule has 0 aliphatic rings. The summed E-state index contributed by atoms with van der Waals surface area (Å²) in [6, 6.07) is 1.82. The van der Waals surface area contributed by atoms with Crippen LogP contribution < -0.4 is 10.0 Å². The summed E-state index contributed by atoms with van der Waals surface area (Å²) in [5.41, 5.74) is 1.93. The van der Waals surface area contributed by atoms with Crippen LogP contribution in [0.25, 0.3) is 0 Å². The lowest BCUT2D eigenvalue weighted by molar-refractivity contribution is 0.563. The fourth-order valence-electron chi connectivity index (χ4n) is 1.42. The molecular formula is C11H19N3O2S. The Kier molecular flexibility index (Phi) is 5.04. The van der Waals surface area contributed by atoms with Crippen LogP contribution in [-0.4, -0.2) is 32.2 Å². The Morgan fingerprint density at radius 2 is 2.18 bits per heavy atom. The maximum atomic E-state index is 11.8. The van der Waals surface area contributed by atoms with Gasteiger partial charge in [-0.2, -0.15) is 0 Å². The molecule has 0 amide bonds. The zero-order chi connectivity index (χ0) is 12.9. The SMILES string of the molecule is CNCC(C)S(=O)(=O)NCc1ccncc1C. The van der Waals surface area contributed by atoms with Crippen LogP contribution in [0.4, 0.5) is 0 Å². The molecule has 1 aromatic rings. The Hall–Kier alpha value is -0.980. The number of aryl methyl sites for hydroxylation is 1. The van der Waals surface area contributed by atoms with Gasteiger partial charge in [0.2, 0.25) is 10.0 Å². The molecule has 1 unspecified atom stereocenters. The second kappa shape index (κ2) is 6.09. The molecule has 0 saturated carbocycles. The molecule has 1 rings (SSSR count). The normalized spacial score (nSPS) is 13.6. The van der Waals surface area contributed by atoms with E-state index in [2.05, 4.69) is 15.0 Å². The molecule has 0 aliphatic heterocycles. The van der Waals surface area contributed by atoms with Gasteiger partial charge < -0.3 is 5.32 Å². The van der Waals surface area contributed by atoms with E-state index in [9.17, 15) is 8.42 Å². The summed E-state index contributed by atoms with van der Waals surface area (Å²) >= 11 is 0. The van der Waals surface area contributed by atoms with E-state index >= 15 is 0 Å². The van der Waals surface area contributed by atoms with Gasteiger partial charge in [-0.25, -0.2) is 13.1 Å². The van der Waals surface area contributed by atoms with Crippen LogP contribution in [0.15, 0.2) is 18.5 Å². The molecule has 2 N–H and O–H groups in total. The number of pyridine rings is 1. The van der Waals surface area contributed by atoms with Gasteiger partial charge in [-0.05, 0) is 38.1 Å². The van der Waals surface area contributed by atoms with Crippen molar-refractivity contribution in [1.29, 1.82) is 0 Å². The van der Waals surface area contributed by atoms with E-state index in [-0.39, 0.29) is 0 Å². The Morgan fingerprint density at radius 1 is 1.47 bits per heavy atom. The highest BCUT2D eigenvalue weighted by Crippen LogP contribution is 2.06. The summed E-state index contributed by atoms with van der Waals surface area (Å²) in [6.07, 6.45) is 3.38. The second-order valence-corrected chi connectivity index (χ2v) is 6.22.